The number of aliphatic hydroxyl groups is 1. The third-order valence-corrected chi connectivity index (χ3v) is 4.48. The summed E-state index contributed by atoms with van der Waals surface area (Å²) in [5, 5.41) is 20.8. The highest BCUT2D eigenvalue weighted by atomic mass is 16.5. The number of carbonyl (C=O) groups is 1. The maximum atomic E-state index is 12.2. The Balaban J connectivity index is 2.01. The van der Waals surface area contributed by atoms with Crippen molar-refractivity contribution in [2.45, 2.75) is 52.6 Å². The molecule has 1 aliphatic heterocycles. The molecule has 1 fully saturated rings. The van der Waals surface area contributed by atoms with Crippen molar-refractivity contribution in [3.8, 4) is 0 Å². The normalized spacial score (nSPS) is 26.5. The van der Waals surface area contributed by atoms with Crippen molar-refractivity contribution in [3.63, 3.8) is 0 Å². The van der Waals surface area contributed by atoms with E-state index in [0.717, 1.165) is 6.42 Å². The van der Waals surface area contributed by atoms with Crippen molar-refractivity contribution < 1.29 is 14.6 Å². The first-order valence-corrected chi connectivity index (χ1v) is 8.33. The highest BCUT2D eigenvalue weighted by molar-refractivity contribution is 5.90. The first kappa shape index (κ1) is 17.5. The zero-order chi connectivity index (χ0) is 18.3. The zero-order valence-corrected chi connectivity index (χ0v) is 14.6. The van der Waals surface area contributed by atoms with Gasteiger partial charge in [0.15, 0.2) is 17.4 Å². The maximum absolute atomic E-state index is 12.2. The summed E-state index contributed by atoms with van der Waals surface area (Å²) in [7, 11) is 0. The van der Waals surface area contributed by atoms with Crippen LogP contribution >= 0.6 is 0 Å². The number of aromatic amines is 1. The van der Waals surface area contributed by atoms with Gasteiger partial charge in [0.25, 0.3) is 5.56 Å². The summed E-state index contributed by atoms with van der Waals surface area (Å²) in [5.74, 6) is -0.628. The second kappa shape index (κ2) is 6.52. The molecule has 2 aromatic rings. The molecule has 4 atom stereocenters. The van der Waals surface area contributed by atoms with Crippen LogP contribution in [-0.4, -0.2) is 48.2 Å². The number of rotatable bonds is 4. The van der Waals surface area contributed by atoms with Gasteiger partial charge < -0.3 is 9.84 Å². The van der Waals surface area contributed by atoms with E-state index in [9.17, 15) is 14.7 Å². The molecule has 10 heteroatoms. The Bertz CT molecular complexity index is 844. The van der Waals surface area contributed by atoms with Crippen LogP contribution in [0.5, 0.6) is 0 Å². The molecule has 1 amide bonds. The molecule has 0 aromatic carbocycles. The molecule has 0 unspecified atom stereocenters. The summed E-state index contributed by atoms with van der Waals surface area (Å²) in [6.07, 6.45) is -0.968. The number of carbonyl (C=O) groups excluding carboxylic acids is 1. The fourth-order valence-corrected chi connectivity index (χ4v) is 2.87. The van der Waals surface area contributed by atoms with Crippen LogP contribution in [0.15, 0.2) is 4.79 Å². The highest BCUT2D eigenvalue weighted by Gasteiger charge is 2.42. The van der Waals surface area contributed by atoms with Crippen LogP contribution in [0.3, 0.4) is 0 Å². The lowest BCUT2D eigenvalue weighted by molar-refractivity contribution is -0.118. The van der Waals surface area contributed by atoms with Crippen molar-refractivity contribution in [2.24, 2.45) is 11.8 Å². The number of nitrogens with one attached hydrogen (secondary N) is 2. The van der Waals surface area contributed by atoms with Crippen LogP contribution in [0.1, 0.15) is 40.3 Å². The lowest BCUT2D eigenvalue weighted by atomic mass is 9.99. The fourth-order valence-electron chi connectivity index (χ4n) is 2.87. The molecule has 3 rings (SSSR count). The minimum atomic E-state index is -0.801. The predicted octanol–water partition coefficient (Wildman–Crippen LogP) is 0.413. The Morgan fingerprint density at radius 1 is 1.48 bits per heavy atom. The minimum absolute atomic E-state index is 0.00678. The van der Waals surface area contributed by atoms with Gasteiger partial charge in [0.1, 0.15) is 6.10 Å². The van der Waals surface area contributed by atoms with E-state index in [4.69, 9.17) is 4.74 Å². The topological polar surface area (TPSA) is 135 Å². The van der Waals surface area contributed by atoms with E-state index in [-0.39, 0.29) is 41.0 Å². The molecule has 0 aliphatic carbocycles. The van der Waals surface area contributed by atoms with Crippen LogP contribution in [0.2, 0.25) is 0 Å². The molecule has 25 heavy (non-hydrogen) atoms. The van der Waals surface area contributed by atoms with E-state index in [0.29, 0.717) is 0 Å². The molecule has 0 radical (unpaired) electrons. The SMILES string of the molecule is CC[C@H]1O[C@@H](n2nnc3c(=O)[nH]c(NC(=O)C(C)C)nc32)[C@H](O)[C@@H]1C. The third kappa shape index (κ3) is 3.02. The standard InChI is InChI=1S/C15H22N6O4/c1-5-8-7(4)10(22)14(25-8)21-11-9(19-20-21)13(24)18-15(16-11)17-12(23)6(2)3/h6-8,10,14,22H,5H2,1-4H3,(H2,16,17,18,23,24)/t7-,8-,10-,14-/m1/s1. The van der Waals surface area contributed by atoms with Gasteiger partial charge in [0.2, 0.25) is 11.9 Å². The molecule has 136 valence electrons. The second-order valence-electron chi connectivity index (χ2n) is 6.59. The summed E-state index contributed by atoms with van der Waals surface area (Å²) in [5.41, 5.74) is -0.357. The van der Waals surface area contributed by atoms with Crippen LogP contribution < -0.4 is 10.9 Å². The number of anilines is 1. The second-order valence-corrected chi connectivity index (χ2v) is 6.59. The summed E-state index contributed by atoms with van der Waals surface area (Å²) < 4.78 is 7.16. The number of aliphatic hydroxyl groups excluding tert-OH is 1. The Hall–Kier alpha value is -2.33. The summed E-state index contributed by atoms with van der Waals surface area (Å²) in [4.78, 5) is 30.7. The quantitative estimate of drug-likeness (QED) is 0.727. The first-order chi connectivity index (χ1) is 11.8. The minimum Gasteiger partial charge on any atom is -0.388 e. The predicted molar refractivity (Wildman–Crippen MR) is 88.8 cm³/mol. The number of amides is 1. The molecular weight excluding hydrogens is 328 g/mol. The Labute approximate surface area is 143 Å². The molecule has 10 nitrogen and oxygen atoms in total. The van der Waals surface area contributed by atoms with Crippen molar-refractivity contribution >= 4 is 23.0 Å². The Morgan fingerprint density at radius 2 is 2.20 bits per heavy atom. The Kier molecular flexibility index (Phi) is 4.56. The molecule has 0 bridgehead atoms. The summed E-state index contributed by atoms with van der Waals surface area (Å²) in [6.45, 7) is 7.32. The Morgan fingerprint density at radius 3 is 2.80 bits per heavy atom. The number of H-pyrrole nitrogens is 1. The number of hydrogen-bond acceptors (Lipinski definition) is 7. The van der Waals surface area contributed by atoms with Gasteiger partial charge in [-0.1, -0.05) is 32.9 Å². The monoisotopic (exact) mass is 350 g/mol. The number of aromatic nitrogens is 5. The van der Waals surface area contributed by atoms with Gasteiger partial charge >= 0.3 is 0 Å². The molecular formula is C15H22N6O4. The fraction of sp³-hybridized carbons (Fsp3) is 0.667. The van der Waals surface area contributed by atoms with Crippen LogP contribution in [-0.2, 0) is 9.53 Å². The van der Waals surface area contributed by atoms with Gasteiger partial charge in [0, 0.05) is 11.8 Å². The van der Waals surface area contributed by atoms with Gasteiger partial charge in [-0.2, -0.15) is 9.67 Å². The van der Waals surface area contributed by atoms with Crippen LogP contribution in [0.4, 0.5) is 5.95 Å². The lowest BCUT2D eigenvalue weighted by Gasteiger charge is -2.15. The van der Waals surface area contributed by atoms with E-state index >= 15 is 0 Å². The van der Waals surface area contributed by atoms with Gasteiger partial charge in [-0.15, -0.1) is 5.10 Å². The largest absolute Gasteiger partial charge is 0.388 e. The number of hydrogen-bond donors (Lipinski definition) is 3. The molecule has 0 saturated carbocycles. The summed E-state index contributed by atoms with van der Waals surface area (Å²) in [6, 6.07) is 0. The van der Waals surface area contributed by atoms with Gasteiger partial charge in [-0.25, -0.2) is 0 Å². The smallest absolute Gasteiger partial charge is 0.282 e. The van der Waals surface area contributed by atoms with Crippen molar-refractivity contribution in [2.75, 3.05) is 5.32 Å². The van der Waals surface area contributed by atoms with Crippen molar-refractivity contribution in [1.29, 1.82) is 0 Å². The lowest BCUT2D eigenvalue weighted by Crippen LogP contribution is -2.26. The molecule has 1 aliphatic rings. The van der Waals surface area contributed by atoms with Crippen LogP contribution in [0.25, 0.3) is 11.2 Å². The summed E-state index contributed by atoms with van der Waals surface area (Å²) >= 11 is 0. The van der Waals surface area contributed by atoms with Crippen molar-refractivity contribution in [1.82, 2.24) is 25.0 Å². The van der Waals surface area contributed by atoms with Crippen molar-refractivity contribution in [3.05, 3.63) is 10.4 Å². The van der Waals surface area contributed by atoms with Gasteiger partial charge in [0.05, 0.1) is 6.10 Å². The average molecular weight is 350 g/mol. The third-order valence-electron chi connectivity index (χ3n) is 4.48. The number of ether oxygens (including phenoxy) is 1. The van der Waals surface area contributed by atoms with Gasteiger partial charge in [-0.3, -0.25) is 19.9 Å². The van der Waals surface area contributed by atoms with Crippen LogP contribution in [0, 0.1) is 11.8 Å². The molecule has 0 spiro atoms. The maximum Gasteiger partial charge on any atom is 0.282 e. The average Bonchev–Trinajstić information content (AvgIpc) is 3.10. The number of fused-ring (bicyclic) bond motifs is 1. The highest BCUT2D eigenvalue weighted by Crippen LogP contribution is 2.35. The molecule has 1 saturated heterocycles. The van der Waals surface area contributed by atoms with E-state index in [2.05, 4.69) is 25.6 Å². The molecule has 3 N–H and O–H groups in total. The molecule has 3 heterocycles. The van der Waals surface area contributed by atoms with E-state index in [1.807, 2.05) is 13.8 Å². The van der Waals surface area contributed by atoms with E-state index in [1.165, 1.54) is 4.68 Å². The number of nitrogens with zero attached hydrogens (tertiary/aromatic N) is 4. The first-order valence-electron chi connectivity index (χ1n) is 8.33. The van der Waals surface area contributed by atoms with Gasteiger partial charge in [-0.05, 0) is 6.42 Å². The van der Waals surface area contributed by atoms with E-state index in [1.54, 1.807) is 13.8 Å². The molecule has 2 aromatic heterocycles. The zero-order valence-electron chi connectivity index (χ0n) is 14.6. The van der Waals surface area contributed by atoms with E-state index < -0.39 is 17.9 Å².